The lowest BCUT2D eigenvalue weighted by Crippen LogP contribution is -1.87. The molecule has 0 saturated carbocycles. The zero-order valence-electron chi connectivity index (χ0n) is 7.20. The van der Waals surface area contributed by atoms with Crippen molar-refractivity contribution < 1.29 is 4.52 Å². The molecule has 2 aromatic rings. The van der Waals surface area contributed by atoms with Crippen LogP contribution in [0.4, 0.5) is 11.6 Å². The van der Waals surface area contributed by atoms with Gasteiger partial charge in [0.1, 0.15) is 5.69 Å². The summed E-state index contributed by atoms with van der Waals surface area (Å²) in [6, 6.07) is 6.86. The van der Waals surface area contributed by atoms with Crippen molar-refractivity contribution in [3.8, 4) is 11.3 Å². The van der Waals surface area contributed by atoms with Gasteiger partial charge in [-0.25, -0.2) is 0 Å². The van der Waals surface area contributed by atoms with E-state index in [2.05, 4.69) is 5.16 Å². The van der Waals surface area contributed by atoms with Crippen molar-refractivity contribution in [3.63, 3.8) is 0 Å². The maximum Gasteiger partial charge on any atom is 0.222 e. The van der Waals surface area contributed by atoms with Gasteiger partial charge in [-0.15, -0.1) is 0 Å². The van der Waals surface area contributed by atoms with Crippen molar-refractivity contribution in [1.29, 1.82) is 0 Å². The Morgan fingerprint density at radius 2 is 2.00 bits per heavy atom. The molecule has 14 heavy (non-hydrogen) atoms. The highest BCUT2D eigenvalue weighted by molar-refractivity contribution is 6.33. The number of aromatic nitrogens is 1. The van der Waals surface area contributed by atoms with Crippen molar-refractivity contribution in [2.45, 2.75) is 0 Å². The molecule has 5 heteroatoms. The summed E-state index contributed by atoms with van der Waals surface area (Å²) in [7, 11) is 0. The Bertz CT molecular complexity index is 467. The zero-order valence-corrected chi connectivity index (χ0v) is 7.95. The molecule has 4 nitrogen and oxygen atoms in total. The predicted octanol–water partition coefficient (Wildman–Crippen LogP) is 2.16. The van der Waals surface area contributed by atoms with E-state index in [4.69, 9.17) is 27.6 Å². The Morgan fingerprint density at radius 3 is 2.57 bits per heavy atom. The quantitative estimate of drug-likeness (QED) is 0.706. The molecule has 0 fully saturated rings. The molecule has 0 atom stereocenters. The molecule has 0 spiro atoms. The lowest BCUT2D eigenvalue weighted by Gasteiger charge is -1.99. The normalized spacial score (nSPS) is 10.4. The SMILES string of the molecule is Nc1cc(-c2ccc(Cl)c(N)c2)no1. The average Bonchev–Trinajstić information content (AvgIpc) is 2.57. The third-order valence-electron chi connectivity index (χ3n) is 1.82. The van der Waals surface area contributed by atoms with Crippen molar-refractivity contribution in [3.05, 3.63) is 29.3 Å². The van der Waals surface area contributed by atoms with Crippen LogP contribution in [0.25, 0.3) is 11.3 Å². The monoisotopic (exact) mass is 209 g/mol. The van der Waals surface area contributed by atoms with E-state index >= 15 is 0 Å². The van der Waals surface area contributed by atoms with Gasteiger partial charge in [-0.3, -0.25) is 0 Å². The Kier molecular flexibility index (Phi) is 2.05. The van der Waals surface area contributed by atoms with Gasteiger partial charge in [0.25, 0.3) is 0 Å². The van der Waals surface area contributed by atoms with Crippen LogP contribution in [0.3, 0.4) is 0 Å². The first-order chi connectivity index (χ1) is 6.66. The molecule has 1 aromatic carbocycles. The highest BCUT2D eigenvalue weighted by Gasteiger charge is 2.05. The molecule has 4 N–H and O–H groups in total. The standard InChI is InChI=1S/C9H8ClN3O/c10-6-2-1-5(3-7(6)11)8-4-9(12)14-13-8/h1-4H,11-12H2. The summed E-state index contributed by atoms with van der Waals surface area (Å²) in [6.07, 6.45) is 0. The number of hydrogen-bond acceptors (Lipinski definition) is 4. The van der Waals surface area contributed by atoms with Crippen LogP contribution in [0.15, 0.2) is 28.8 Å². The molecule has 0 bridgehead atoms. The number of nitrogens with two attached hydrogens (primary N) is 2. The summed E-state index contributed by atoms with van der Waals surface area (Å²) in [5.41, 5.74) is 13.0. The number of anilines is 2. The van der Waals surface area contributed by atoms with E-state index in [0.29, 0.717) is 16.4 Å². The van der Waals surface area contributed by atoms with E-state index in [1.165, 1.54) is 0 Å². The summed E-state index contributed by atoms with van der Waals surface area (Å²) < 4.78 is 4.74. The second-order valence-electron chi connectivity index (χ2n) is 2.85. The lowest BCUT2D eigenvalue weighted by molar-refractivity contribution is 0.439. The Balaban J connectivity index is 2.47. The molecule has 0 amide bonds. The Hall–Kier alpha value is -1.68. The van der Waals surface area contributed by atoms with Gasteiger partial charge >= 0.3 is 0 Å². The van der Waals surface area contributed by atoms with Crippen LogP contribution in [0, 0.1) is 0 Å². The van der Waals surface area contributed by atoms with Gasteiger partial charge in [0.05, 0.1) is 10.7 Å². The molecule has 1 aromatic heterocycles. The number of nitrogen functional groups attached to an aromatic ring is 2. The van der Waals surface area contributed by atoms with E-state index in [1.54, 1.807) is 24.3 Å². The van der Waals surface area contributed by atoms with Crippen LogP contribution in [0.5, 0.6) is 0 Å². The van der Waals surface area contributed by atoms with Gasteiger partial charge in [0.2, 0.25) is 5.88 Å². The van der Waals surface area contributed by atoms with Crippen molar-refractivity contribution in [2.24, 2.45) is 0 Å². The Labute approximate surface area is 85.4 Å². The fourth-order valence-corrected chi connectivity index (χ4v) is 1.25. The maximum atomic E-state index is 5.78. The van der Waals surface area contributed by atoms with Crippen molar-refractivity contribution in [2.75, 3.05) is 11.5 Å². The number of benzene rings is 1. The Morgan fingerprint density at radius 1 is 1.21 bits per heavy atom. The first kappa shape index (κ1) is 8.90. The second-order valence-corrected chi connectivity index (χ2v) is 3.26. The summed E-state index contributed by atoms with van der Waals surface area (Å²) in [5, 5.41) is 4.28. The van der Waals surface area contributed by atoms with Crippen LogP contribution in [-0.4, -0.2) is 5.16 Å². The van der Waals surface area contributed by atoms with Gasteiger partial charge in [-0.1, -0.05) is 22.8 Å². The van der Waals surface area contributed by atoms with Crippen molar-refractivity contribution in [1.82, 2.24) is 5.16 Å². The summed E-state index contributed by atoms with van der Waals surface area (Å²) in [6.45, 7) is 0. The predicted molar refractivity (Wildman–Crippen MR) is 55.8 cm³/mol. The topological polar surface area (TPSA) is 78.1 Å². The van der Waals surface area contributed by atoms with Crippen LogP contribution in [-0.2, 0) is 0 Å². The minimum atomic E-state index is 0.272. The van der Waals surface area contributed by atoms with E-state index in [9.17, 15) is 0 Å². The average molecular weight is 210 g/mol. The maximum absolute atomic E-state index is 5.78. The number of nitrogens with zero attached hydrogens (tertiary/aromatic N) is 1. The van der Waals surface area contributed by atoms with Crippen LogP contribution in [0.1, 0.15) is 0 Å². The van der Waals surface area contributed by atoms with E-state index in [1.807, 2.05) is 0 Å². The molecule has 0 saturated heterocycles. The first-order valence-corrected chi connectivity index (χ1v) is 4.32. The highest BCUT2D eigenvalue weighted by Crippen LogP contribution is 2.26. The molecule has 0 aliphatic carbocycles. The van der Waals surface area contributed by atoms with E-state index < -0.39 is 0 Å². The van der Waals surface area contributed by atoms with Crippen molar-refractivity contribution >= 4 is 23.2 Å². The van der Waals surface area contributed by atoms with Gasteiger partial charge < -0.3 is 16.0 Å². The number of halogens is 1. The molecule has 2 rings (SSSR count). The van der Waals surface area contributed by atoms with Gasteiger partial charge in [0, 0.05) is 11.6 Å². The number of hydrogen-bond donors (Lipinski definition) is 2. The molecule has 1 heterocycles. The zero-order chi connectivity index (χ0) is 10.1. The third kappa shape index (κ3) is 1.52. The minimum Gasteiger partial charge on any atom is -0.398 e. The molecular weight excluding hydrogens is 202 g/mol. The largest absolute Gasteiger partial charge is 0.398 e. The lowest BCUT2D eigenvalue weighted by atomic mass is 10.1. The first-order valence-electron chi connectivity index (χ1n) is 3.94. The molecule has 0 radical (unpaired) electrons. The summed E-state index contributed by atoms with van der Waals surface area (Å²) in [5.74, 6) is 0.272. The fraction of sp³-hybridized carbons (Fsp3) is 0. The van der Waals surface area contributed by atoms with E-state index in [-0.39, 0.29) is 5.88 Å². The smallest absolute Gasteiger partial charge is 0.222 e. The van der Waals surface area contributed by atoms with E-state index in [0.717, 1.165) is 5.56 Å². The van der Waals surface area contributed by atoms with Gasteiger partial charge in [0.15, 0.2) is 0 Å². The molecular formula is C9H8ClN3O. The number of rotatable bonds is 1. The van der Waals surface area contributed by atoms with Crippen LogP contribution < -0.4 is 11.5 Å². The van der Waals surface area contributed by atoms with Gasteiger partial charge in [-0.2, -0.15) is 0 Å². The molecule has 0 unspecified atom stereocenters. The minimum absolute atomic E-state index is 0.272. The highest BCUT2D eigenvalue weighted by atomic mass is 35.5. The summed E-state index contributed by atoms with van der Waals surface area (Å²) >= 11 is 5.78. The second kappa shape index (κ2) is 3.23. The fourth-order valence-electron chi connectivity index (χ4n) is 1.13. The van der Waals surface area contributed by atoms with Crippen LogP contribution >= 0.6 is 11.6 Å². The third-order valence-corrected chi connectivity index (χ3v) is 2.16. The molecule has 72 valence electrons. The van der Waals surface area contributed by atoms with Gasteiger partial charge in [-0.05, 0) is 12.1 Å². The summed E-state index contributed by atoms with van der Waals surface area (Å²) in [4.78, 5) is 0. The molecule has 0 aliphatic heterocycles. The van der Waals surface area contributed by atoms with Crippen LogP contribution in [0.2, 0.25) is 5.02 Å². The molecule has 0 aliphatic rings.